The summed E-state index contributed by atoms with van der Waals surface area (Å²) in [7, 11) is 0. The van der Waals surface area contributed by atoms with Crippen LogP contribution in [-0.4, -0.2) is 28.6 Å². The standard InChI is InChI=1S/C15H23N3O3/c1-10(2)7-12(14(19)20)8-17-15(21)18-9-13-11(3)5-4-6-16-13/h4-6,10,12H,7-9H2,1-3H3,(H,19,20)(H2,17,18,21). The second-order valence-corrected chi connectivity index (χ2v) is 5.50. The van der Waals surface area contributed by atoms with Gasteiger partial charge in [-0.15, -0.1) is 0 Å². The Morgan fingerprint density at radius 2 is 2.05 bits per heavy atom. The molecule has 0 fully saturated rings. The molecule has 1 unspecified atom stereocenters. The highest BCUT2D eigenvalue weighted by Gasteiger charge is 2.19. The van der Waals surface area contributed by atoms with Crippen LogP contribution < -0.4 is 10.6 Å². The molecule has 0 spiro atoms. The van der Waals surface area contributed by atoms with Crippen molar-refractivity contribution in [3.05, 3.63) is 29.6 Å². The second kappa shape index (κ2) is 8.24. The average molecular weight is 293 g/mol. The number of amides is 2. The van der Waals surface area contributed by atoms with Crippen LogP contribution in [0.15, 0.2) is 18.3 Å². The van der Waals surface area contributed by atoms with E-state index in [0.717, 1.165) is 11.3 Å². The zero-order chi connectivity index (χ0) is 15.8. The minimum Gasteiger partial charge on any atom is -0.481 e. The summed E-state index contributed by atoms with van der Waals surface area (Å²) in [5, 5.41) is 14.4. The van der Waals surface area contributed by atoms with Gasteiger partial charge in [-0.2, -0.15) is 0 Å². The van der Waals surface area contributed by atoms with Gasteiger partial charge in [-0.05, 0) is 30.9 Å². The van der Waals surface area contributed by atoms with Crippen LogP contribution in [0.5, 0.6) is 0 Å². The molecule has 6 heteroatoms. The van der Waals surface area contributed by atoms with Crippen LogP contribution >= 0.6 is 0 Å². The number of hydrogen-bond acceptors (Lipinski definition) is 3. The van der Waals surface area contributed by atoms with Gasteiger partial charge >= 0.3 is 12.0 Å². The van der Waals surface area contributed by atoms with Gasteiger partial charge in [0.1, 0.15) is 0 Å². The number of hydrogen-bond donors (Lipinski definition) is 3. The molecule has 0 bridgehead atoms. The molecule has 1 heterocycles. The molecule has 1 aromatic heterocycles. The van der Waals surface area contributed by atoms with E-state index in [1.165, 1.54) is 0 Å². The van der Waals surface area contributed by atoms with E-state index in [4.69, 9.17) is 5.11 Å². The largest absolute Gasteiger partial charge is 0.481 e. The molecule has 0 aromatic carbocycles. The Hall–Kier alpha value is -2.11. The fourth-order valence-corrected chi connectivity index (χ4v) is 1.99. The summed E-state index contributed by atoms with van der Waals surface area (Å²) in [6, 6.07) is 3.38. The van der Waals surface area contributed by atoms with Crippen LogP contribution in [0.4, 0.5) is 4.79 Å². The van der Waals surface area contributed by atoms with Crippen molar-refractivity contribution in [1.29, 1.82) is 0 Å². The number of rotatable bonds is 7. The minimum absolute atomic E-state index is 0.126. The molecule has 1 rings (SSSR count). The van der Waals surface area contributed by atoms with Gasteiger partial charge in [0.2, 0.25) is 0 Å². The van der Waals surface area contributed by atoms with Gasteiger partial charge in [0.05, 0.1) is 18.2 Å². The van der Waals surface area contributed by atoms with Crippen LogP contribution in [0.25, 0.3) is 0 Å². The predicted octanol–water partition coefficient (Wildman–Crippen LogP) is 1.94. The van der Waals surface area contributed by atoms with E-state index >= 15 is 0 Å². The van der Waals surface area contributed by atoms with Gasteiger partial charge < -0.3 is 15.7 Å². The summed E-state index contributed by atoms with van der Waals surface area (Å²) in [4.78, 5) is 27.0. The molecule has 0 radical (unpaired) electrons. The van der Waals surface area contributed by atoms with Gasteiger partial charge in [-0.1, -0.05) is 19.9 Å². The maximum atomic E-state index is 11.7. The number of carbonyl (C=O) groups is 2. The molecule has 1 atom stereocenters. The van der Waals surface area contributed by atoms with Crippen LogP contribution in [0.1, 0.15) is 31.5 Å². The molecule has 2 amide bonds. The minimum atomic E-state index is -0.885. The third kappa shape index (κ3) is 6.25. The molecule has 6 nitrogen and oxygen atoms in total. The highest BCUT2D eigenvalue weighted by Crippen LogP contribution is 2.11. The number of aryl methyl sites for hydroxylation is 1. The molecular weight excluding hydrogens is 270 g/mol. The lowest BCUT2D eigenvalue weighted by atomic mass is 9.97. The van der Waals surface area contributed by atoms with Crippen LogP contribution in [0, 0.1) is 18.8 Å². The molecule has 3 N–H and O–H groups in total. The average Bonchev–Trinajstić information content (AvgIpc) is 2.41. The fraction of sp³-hybridized carbons (Fsp3) is 0.533. The highest BCUT2D eigenvalue weighted by molar-refractivity contribution is 5.75. The van der Waals surface area contributed by atoms with E-state index < -0.39 is 11.9 Å². The summed E-state index contributed by atoms with van der Waals surface area (Å²) >= 11 is 0. The van der Waals surface area contributed by atoms with Gasteiger partial charge in [-0.25, -0.2) is 4.79 Å². The van der Waals surface area contributed by atoms with E-state index in [9.17, 15) is 9.59 Å². The Bertz CT molecular complexity index is 489. The van der Waals surface area contributed by atoms with Gasteiger partial charge in [0.15, 0.2) is 0 Å². The Morgan fingerprint density at radius 3 is 2.62 bits per heavy atom. The van der Waals surface area contributed by atoms with Crippen molar-refractivity contribution in [2.45, 2.75) is 33.7 Å². The first-order valence-corrected chi connectivity index (χ1v) is 7.05. The SMILES string of the molecule is Cc1cccnc1CNC(=O)NCC(CC(C)C)C(=O)O. The number of nitrogens with one attached hydrogen (secondary N) is 2. The molecular formula is C15H23N3O3. The number of urea groups is 1. The summed E-state index contributed by atoms with van der Waals surface area (Å²) in [5.74, 6) is -1.18. The normalized spacial score (nSPS) is 12.0. The lowest BCUT2D eigenvalue weighted by Crippen LogP contribution is -2.40. The predicted molar refractivity (Wildman–Crippen MR) is 79.8 cm³/mol. The second-order valence-electron chi connectivity index (χ2n) is 5.50. The number of aliphatic carboxylic acids is 1. The van der Waals surface area contributed by atoms with Crippen molar-refractivity contribution in [3.63, 3.8) is 0 Å². The summed E-state index contributed by atoms with van der Waals surface area (Å²) in [5.41, 5.74) is 1.80. The number of pyridine rings is 1. The highest BCUT2D eigenvalue weighted by atomic mass is 16.4. The Balaban J connectivity index is 2.39. The van der Waals surface area contributed by atoms with Crippen LogP contribution in [0.2, 0.25) is 0 Å². The molecule has 1 aromatic rings. The Labute approximate surface area is 125 Å². The van der Waals surface area contributed by atoms with Crippen molar-refractivity contribution in [2.24, 2.45) is 11.8 Å². The lowest BCUT2D eigenvalue weighted by Gasteiger charge is -2.15. The molecule has 116 valence electrons. The molecule has 0 saturated carbocycles. The van der Waals surface area contributed by atoms with E-state index in [1.807, 2.05) is 32.9 Å². The van der Waals surface area contributed by atoms with Crippen molar-refractivity contribution < 1.29 is 14.7 Å². The Morgan fingerprint density at radius 1 is 1.33 bits per heavy atom. The number of aromatic nitrogens is 1. The first kappa shape index (κ1) is 16.9. The summed E-state index contributed by atoms with van der Waals surface area (Å²) in [6.45, 7) is 6.28. The van der Waals surface area contributed by atoms with Crippen molar-refractivity contribution in [1.82, 2.24) is 15.6 Å². The number of carboxylic acid groups (broad SMARTS) is 1. The molecule has 0 aliphatic heterocycles. The third-order valence-corrected chi connectivity index (χ3v) is 3.15. The van der Waals surface area contributed by atoms with Gasteiger partial charge in [-0.3, -0.25) is 9.78 Å². The fourth-order valence-electron chi connectivity index (χ4n) is 1.99. The zero-order valence-electron chi connectivity index (χ0n) is 12.7. The van der Waals surface area contributed by atoms with E-state index in [1.54, 1.807) is 6.20 Å². The van der Waals surface area contributed by atoms with Crippen molar-refractivity contribution in [3.8, 4) is 0 Å². The smallest absolute Gasteiger partial charge is 0.315 e. The number of nitrogens with zero attached hydrogens (tertiary/aromatic N) is 1. The lowest BCUT2D eigenvalue weighted by molar-refractivity contribution is -0.142. The van der Waals surface area contributed by atoms with Gasteiger partial charge in [0, 0.05) is 12.7 Å². The maximum Gasteiger partial charge on any atom is 0.315 e. The van der Waals surface area contributed by atoms with E-state index in [2.05, 4.69) is 15.6 Å². The summed E-state index contributed by atoms with van der Waals surface area (Å²) in [6.07, 6.45) is 2.21. The topological polar surface area (TPSA) is 91.3 Å². The van der Waals surface area contributed by atoms with Crippen LogP contribution in [-0.2, 0) is 11.3 Å². The van der Waals surface area contributed by atoms with Crippen molar-refractivity contribution in [2.75, 3.05) is 6.54 Å². The zero-order valence-corrected chi connectivity index (χ0v) is 12.7. The molecule has 0 saturated heterocycles. The monoisotopic (exact) mass is 293 g/mol. The van der Waals surface area contributed by atoms with E-state index in [-0.39, 0.29) is 18.5 Å². The van der Waals surface area contributed by atoms with Crippen LogP contribution in [0.3, 0.4) is 0 Å². The molecule has 0 aliphatic rings. The maximum absolute atomic E-state index is 11.7. The number of carbonyl (C=O) groups excluding carboxylic acids is 1. The Kier molecular flexibility index (Phi) is 6.65. The number of carboxylic acids is 1. The van der Waals surface area contributed by atoms with Crippen molar-refractivity contribution >= 4 is 12.0 Å². The third-order valence-electron chi connectivity index (χ3n) is 3.15. The molecule has 0 aliphatic carbocycles. The summed E-state index contributed by atoms with van der Waals surface area (Å²) < 4.78 is 0. The quantitative estimate of drug-likeness (QED) is 0.716. The first-order chi connectivity index (χ1) is 9.90. The van der Waals surface area contributed by atoms with Gasteiger partial charge in [0.25, 0.3) is 0 Å². The van der Waals surface area contributed by atoms with E-state index in [0.29, 0.717) is 13.0 Å². The first-order valence-electron chi connectivity index (χ1n) is 7.05. The molecule has 21 heavy (non-hydrogen) atoms.